The molecule has 2 rings (SSSR count). The zero-order valence-corrected chi connectivity index (χ0v) is 12.5. The van der Waals surface area contributed by atoms with Gasteiger partial charge in [-0.15, -0.1) is 0 Å². The van der Waals surface area contributed by atoms with Crippen LogP contribution >= 0.6 is 0 Å². The summed E-state index contributed by atoms with van der Waals surface area (Å²) in [6, 6.07) is 7.89. The maximum Gasteiger partial charge on any atom is 0.251 e. The van der Waals surface area contributed by atoms with Crippen LogP contribution in [0.3, 0.4) is 0 Å². The molecule has 0 saturated heterocycles. The Hall–Kier alpha value is -2.14. The van der Waals surface area contributed by atoms with Crippen molar-refractivity contribution >= 4 is 5.91 Å². The molecule has 5 heteroatoms. The Kier molecular flexibility index (Phi) is 5.51. The molecule has 0 aliphatic rings. The van der Waals surface area contributed by atoms with E-state index in [1.54, 1.807) is 6.33 Å². The maximum atomic E-state index is 11.9. The highest BCUT2D eigenvalue weighted by Crippen LogP contribution is 2.10. The van der Waals surface area contributed by atoms with Crippen molar-refractivity contribution in [2.45, 2.75) is 32.9 Å². The van der Waals surface area contributed by atoms with Crippen LogP contribution in [0, 0.1) is 0 Å². The van der Waals surface area contributed by atoms with Crippen molar-refractivity contribution in [3.05, 3.63) is 53.6 Å². The van der Waals surface area contributed by atoms with Crippen molar-refractivity contribution < 1.29 is 4.79 Å². The summed E-state index contributed by atoms with van der Waals surface area (Å²) in [6.45, 7) is 5.52. The van der Waals surface area contributed by atoms with Crippen molar-refractivity contribution in [2.75, 3.05) is 6.54 Å². The third kappa shape index (κ3) is 4.43. The van der Waals surface area contributed by atoms with Gasteiger partial charge in [-0.05, 0) is 31.0 Å². The highest BCUT2D eigenvalue weighted by Gasteiger charge is 2.08. The number of aromatic amines is 1. The molecule has 0 radical (unpaired) electrons. The van der Waals surface area contributed by atoms with E-state index in [9.17, 15) is 4.79 Å². The van der Waals surface area contributed by atoms with E-state index in [0.29, 0.717) is 18.7 Å². The molecular formula is C16H22N4O. The van der Waals surface area contributed by atoms with E-state index < -0.39 is 0 Å². The summed E-state index contributed by atoms with van der Waals surface area (Å²) in [6.07, 6.45) is 4.42. The molecular weight excluding hydrogens is 264 g/mol. The second-order valence-electron chi connectivity index (χ2n) is 5.07. The molecule has 1 amide bonds. The molecule has 0 aliphatic heterocycles. The predicted molar refractivity (Wildman–Crippen MR) is 82.9 cm³/mol. The van der Waals surface area contributed by atoms with Crippen LogP contribution in [-0.4, -0.2) is 22.4 Å². The first kappa shape index (κ1) is 15.3. The molecule has 1 atom stereocenters. The first-order valence-corrected chi connectivity index (χ1v) is 7.29. The zero-order valence-electron chi connectivity index (χ0n) is 12.5. The van der Waals surface area contributed by atoms with E-state index >= 15 is 0 Å². The van der Waals surface area contributed by atoms with Crippen molar-refractivity contribution in [3.63, 3.8) is 0 Å². The fraction of sp³-hybridized carbons (Fsp3) is 0.375. The molecule has 0 saturated carbocycles. The number of carbonyl (C=O) groups excluding carboxylic acids is 1. The van der Waals surface area contributed by atoms with Gasteiger partial charge in [-0.2, -0.15) is 0 Å². The molecule has 2 aromatic rings. The standard InChI is InChI=1S/C16H22N4O/c1-3-7-18-16(21)14-6-4-5-13(8-14)9-19-12(2)15-10-17-11-20-15/h4-6,8,10-12,19H,3,7,9H2,1-2H3,(H,17,20)(H,18,21). The largest absolute Gasteiger partial charge is 0.352 e. The summed E-state index contributed by atoms with van der Waals surface area (Å²) in [5, 5.41) is 6.30. The molecule has 0 bridgehead atoms. The first-order valence-electron chi connectivity index (χ1n) is 7.29. The number of amides is 1. The lowest BCUT2D eigenvalue weighted by atomic mass is 10.1. The molecule has 21 heavy (non-hydrogen) atoms. The Labute approximate surface area is 125 Å². The monoisotopic (exact) mass is 286 g/mol. The van der Waals surface area contributed by atoms with E-state index in [1.165, 1.54) is 0 Å². The van der Waals surface area contributed by atoms with E-state index in [1.807, 2.05) is 37.4 Å². The van der Waals surface area contributed by atoms with E-state index in [2.05, 4.69) is 27.5 Å². The summed E-state index contributed by atoms with van der Waals surface area (Å²) in [5.41, 5.74) is 2.84. The van der Waals surface area contributed by atoms with Crippen LogP contribution < -0.4 is 10.6 Å². The maximum absolute atomic E-state index is 11.9. The van der Waals surface area contributed by atoms with Crippen molar-refractivity contribution in [3.8, 4) is 0 Å². The lowest BCUT2D eigenvalue weighted by molar-refractivity contribution is 0.0953. The Morgan fingerprint density at radius 2 is 2.29 bits per heavy atom. The molecule has 0 aliphatic carbocycles. The van der Waals surface area contributed by atoms with Crippen LogP contribution in [0.25, 0.3) is 0 Å². The Balaban J connectivity index is 1.93. The number of H-pyrrole nitrogens is 1. The zero-order chi connectivity index (χ0) is 15.1. The molecule has 0 spiro atoms. The summed E-state index contributed by atoms with van der Waals surface area (Å²) in [4.78, 5) is 19.0. The second kappa shape index (κ2) is 7.59. The van der Waals surface area contributed by atoms with Crippen molar-refractivity contribution in [1.82, 2.24) is 20.6 Å². The Morgan fingerprint density at radius 1 is 1.43 bits per heavy atom. The first-order chi connectivity index (χ1) is 10.2. The Bertz CT molecular complexity index is 565. The minimum absolute atomic E-state index is 0.0136. The van der Waals surface area contributed by atoms with Gasteiger partial charge in [-0.3, -0.25) is 4.79 Å². The minimum atomic E-state index is -0.0136. The van der Waals surface area contributed by atoms with Gasteiger partial charge >= 0.3 is 0 Å². The number of hydrogen-bond acceptors (Lipinski definition) is 3. The molecule has 112 valence electrons. The van der Waals surface area contributed by atoms with Gasteiger partial charge < -0.3 is 15.6 Å². The summed E-state index contributed by atoms with van der Waals surface area (Å²) < 4.78 is 0. The molecule has 0 fully saturated rings. The van der Waals surface area contributed by atoms with Gasteiger partial charge in [0.2, 0.25) is 0 Å². The fourth-order valence-corrected chi connectivity index (χ4v) is 2.05. The van der Waals surface area contributed by atoms with E-state index in [-0.39, 0.29) is 11.9 Å². The van der Waals surface area contributed by atoms with Gasteiger partial charge in [0.05, 0.1) is 12.0 Å². The molecule has 1 aromatic carbocycles. The Morgan fingerprint density at radius 3 is 3.00 bits per heavy atom. The number of aromatic nitrogens is 2. The van der Waals surface area contributed by atoms with Gasteiger partial charge in [0.1, 0.15) is 0 Å². The topological polar surface area (TPSA) is 69.8 Å². The molecule has 1 aromatic heterocycles. The highest BCUT2D eigenvalue weighted by atomic mass is 16.1. The second-order valence-corrected chi connectivity index (χ2v) is 5.07. The van der Waals surface area contributed by atoms with Crippen LogP contribution in [0.4, 0.5) is 0 Å². The molecule has 1 heterocycles. The fourth-order valence-electron chi connectivity index (χ4n) is 2.05. The van der Waals surface area contributed by atoms with Crippen LogP contribution in [-0.2, 0) is 6.54 Å². The normalized spacial score (nSPS) is 12.1. The number of imidazole rings is 1. The number of nitrogens with zero attached hydrogens (tertiary/aromatic N) is 1. The third-order valence-electron chi connectivity index (χ3n) is 3.32. The van der Waals surface area contributed by atoms with Gasteiger partial charge in [-0.25, -0.2) is 4.98 Å². The van der Waals surface area contributed by atoms with Crippen molar-refractivity contribution in [1.29, 1.82) is 0 Å². The number of carbonyl (C=O) groups is 1. The predicted octanol–water partition coefficient (Wildman–Crippen LogP) is 2.40. The number of benzene rings is 1. The lowest BCUT2D eigenvalue weighted by Crippen LogP contribution is -2.24. The third-order valence-corrected chi connectivity index (χ3v) is 3.32. The average molecular weight is 286 g/mol. The van der Waals surface area contributed by atoms with Crippen LogP contribution in [0.2, 0.25) is 0 Å². The quantitative estimate of drug-likeness (QED) is 0.732. The summed E-state index contributed by atoms with van der Waals surface area (Å²) in [7, 11) is 0. The van der Waals surface area contributed by atoms with Gasteiger partial charge in [-0.1, -0.05) is 19.1 Å². The van der Waals surface area contributed by atoms with Crippen molar-refractivity contribution in [2.24, 2.45) is 0 Å². The average Bonchev–Trinajstić information content (AvgIpc) is 3.05. The molecule has 1 unspecified atom stereocenters. The van der Waals surface area contributed by atoms with E-state index in [4.69, 9.17) is 0 Å². The van der Waals surface area contributed by atoms with Gasteiger partial charge in [0.15, 0.2) is 0 Å². The summed E-state index contributed by atoms with van der Waals surface area (Å²) in [5.74, 6) is -0.0136. The summed E-state index contributed by atoms with van der Waals surface area (Å²) >= 11 is 0. The van der Waals surface area contributed by atoms with E-state index in [0.717, 1.165) is 17.7 Å². The SMILES string of the molecule is CCCNC(=O)c1cccc(CNC(C)c2cnc[nH]2)c1. The van der Waals surface area contributed by atoms with Crippen LogP contribution in [0.15, 0.2) is 36.8 Å². The highest BCUT2D eigenvalue weighted by molar-refractivity contribution is 5.94. The smallest absolute Gasteiger partial charge is 0.251 e. The lowest BCUT2D eigenvalue weighted by Gasteiger charge is -2.12. The number of rotatable bonds is 7. The molecule has 3 N–H and O–H groups in total. The van der Waals surface area contributed by atoms with Gasteiger partial charge in [0.25, 0.3) is 5.91 Å². The van der Waals surface area contributed by atoms with Crippen LogP contribution in [0.5, 0.6) is 0 Å². The number of nitrogens with one attached hydrogen (secondary N) is 3. The minimum Gasteiger partial charge on any atom is -0.352 e. The van der Waals surface area contributed by atoms with Crippen LogP contribution in [0.1, 0.15) is 47.9 Å². The number of hydrogen-bond donors (Lipinski definition) is 3. The van der Waals surface area contributed by atoms with Gasteiger partial charge in [0, 0.05) is 30.9 Å². The molecule has 5 nitrogen and oxygen atoms in total.